The summed E-state index contributed by atoms with van der Waals surface area (Å²) in [6.07, 6.45) is 3.41. The molecule has 21 heavy (non-hydrogen) atoms. The summed E-state index contributed by atoms with van der Waals surface area (Å²) in [7, 11) is 0. The summed E-state index contributed by atoms with van der Waals surface area (Å²) in [5.41, 5.74) is 0.891. The van der Waals surface area contributed by atoms with Crippen LogP contribution in [0, 0.1) is 5.92 Å². The minimum Gasteiger partial charge on any atom is -0.378 e. The Hall–Kier alpha value is -1.95. The highest BCUT2D eigenvalue weighted by atomic mass is 16.5. The van der Waals surface area contributed by atoms with Gasteiger partial charge in [-0.2, -0.15) is 0 Å². The van der Waals surface area contributed by atoms with Gasteiger partial charge in [-0.1, -0.05) is 6.07 Å². The van der Waals surface area contributed by atoms with Crippen molar-refractivity contribution in [3.05, 3.63) is 23.9 Å². The highest BCUT2D eigenvalue weighted by molar-refractivity contribution is 5.87. The van der Waals surface area contributed by atoms with Gasteiger partial charge in [-0.05, 0) is 31.4 Å². The number of hydrogen-bond acceptors (Lipinski definition) is 4. The molecule has 114 valence electrons. The Morgan fingerprint density at radius 1 is 1.43 bits per heavy atom. The molecule has 2 rings (SSSR count). The fraction of sp³-hybridized carbons (Fsp3) is 0.533. The lowest BCUT2D eigenvalue weighted by atomic mass is 9.94. The van der Waals surface area contributed by atoms with E-state index in [9.17, 15) is 9.59 Å². The van der Waals surface area contributed by atoms with E-state index >= 15 is 0 Å². The molecule has 2 heterocycles. The average molecular weight is 291 g/mol. The number of ether oxygens (including phenoxy) is 1. The Kier molecular flexibility index (Phi) is 5.27. The van der Waals surface area contributed by atoms with Gasteiger partial charge in [0, 0.05) is 26.3 Å². The fourth-order valence-corrected chi connectivity index (χ4v) is 2.37. The molecule has 0 radical (unpaired) electrons. The minimum absolute atomic E-state index is 0.0214. The van der Waals surface area contributed by atoms with E-state index in [0.717, 1.165) is 25.0 Å². The maximum absolute atomic E-state index is 12.1. The van der Waals surface area contributed by atoms with Gasteiger partial charge in [-0.15, -0.1) is 0 Å². The monoisotopic (exact) mass is 291 g/mol. The number of hydrogen-bond donors (Lipinski definition) is 2. The minimum atomic E-state index is -0.158. The van der Waals surface area contributed by atoms with E-state index in [2.05, 4.69) is 15.6 Å². The summed E-state index contributed by atoms with van der Waals surface area (Å²) in [5, 5.41) is 5.51. The first-order valence-corrected chi connectivity index (χ1v) is 7.18. The van der Waals surface area contributed by atoms with Crippen LogP contribution in [-0.4, -0.2) is 29.5 Å². The zero-order chi connectivity index (χ0) is 15.2. The van der Waals surface area contributed by atoms with Crippen molar-refractivity contribution in [2.45, 2.75) is 39.3 Å². The lowest BCUT2D eigenvalue weighted by Crippen LogP contribution is -2.39. The van der Waals surface area contributed by atoms with Crippen LogP contribution in [0.1, 0.15) is 32.3 Å². The van der Waals surface area contributed by atoms with Crippen molar-refractivity contribution < 1.29 is 14.3 Å². The molecule has 2 amide bonds. The van der Waals surface area contributed by atoms with Crippen LogP contribution in [-0.2, 0) is 20.9 Å². The van der Waals surface area contributed by atoms with Crippen LogP contribution in [0.15, 0.2) is 18.3 Å². The van der Waals surface area contributed by atoms with Crippen LogP contribution in [0.25, 0.3) is 0 Å². The topological polar surface area (TPSA) is 80.3 Å². The van der Waals surface area contributed by atoms with E-state index in [-0.39, 0.29) is 23.8 Å². The van der Waals surface area contributed by atoms with E-state index in [0.29, 0.717) is 12.4 Å². The molecule has 1 fully saturated rings. The van der Waals surface area contributed by atoms with Crippen molar-refractivity contribution >= 4 is 17.6 Å². The molecule has 0 saturated carbocycles. The van der Waals surface area contributed by atoms with Gasteiger partial charge in [0.1, 0.15) is 5.82 Å². The van der Waals surface area contributed by atoms with Crippen LogP contribution in [0.5, 0.6) is 0 Å². The first-order chi connectivity index (χ1) is 10.1. The molecule has 1 aliphatic heterocycles. The number of carbonyl (C=O) groups excluding carboxylic acids is 2. The standard InChI is InChI=1S/C15H21N3O3/c1-10-13(4-3-7-21-10)15(20)17-9-12-5-6-14(16-8-12)18-11(2)19/h5-6,8,10,13H,3-4,7,9H2,1-2H3,(H,17,20)(H,16,18,19)/t10-,13-/m0/s1. The van der Waals surface area contributed by atoms with E-state index in [1.54, 1.807) is 12.3 Å². The second-order valence-electron chi connectivity index (χ2n) is 5.28. The molecule has 2 atom stereocenters. The number of anilines is 1. The molecule has 0 aromatic carbocycles. The third-order valence-electron chi connectivity index (χ3n) is 3.54. The van der Waals surface area contributed by atoms with Crippen LogP contribution in [0.2, 0.25) is 0 Å². The smallest absolute Gasteiger partial charge is 0.225 e. The first kappa shape index (κ1) is 15.4. The molecule has 1 aromatic rings. The predicted octanol–water partition coefficient (Wildman–Crippen LogP) is 1.47. The van der Waals surface area contributed by atoms with Crippen molar-refractivity contribution in [3.63, 3.8) is 0 Å². The van der Waals surface area contributed by atoms with Gasteiger partial charge < -0.3 is 15.4 Å². The van der Waals surface area contributed by atoms with Crippen LogP contribution < -0.4 is 10.6 Å². The number of nitrogens with one attached hydrogen (secondary N) is 2. The Morgan fingerprint density at radius 2 is 2.24 bits per heavy atom. The second-order valence-corrected chi connectivity index (χ2v) is 5.28. The molecule has 1 saturated heterocycles. The SMILES string of the molecule is CC(=O)Nc1ccc(CNC(=O)[C@H]2CCCO[C@H]2C)cn1. The van der Waals surface area contributed by atoms with Gasteiger partial charge in [0.25, 0.3) is 0 Å². The Balaban J connectivity index is 1.84. The molecule has 6 heteroatoms. The zero-order valence-corrected chi connectivity index (χ0v) is 12.4. The van der Waals surface area contributed by atoms with Gasteiger partial charge in [0.05, 0.1) is 12.0 Å². The molecule has 1 aromatic heterocycles. The van der Waals surface area contributed by atoms with E-state index in [1.807, 2.05) is 13.0 Å². The van der Waals surface area contributed by atoms with E-state index in [1.165, 1.54) is 6.92 Å². The van der Waals surface area contributed by atoms with Crippen molar-refractivity contribution in [3.8, 4) is 0 Å². The Labute approximate surface area is 124 Å². The predicted molar refractivity (Wildman–Crippen MR) is 78.5 cm³/mol. The van der Waals surface area contributed by atoms with Gasteiger partial charge in [0.2, 0.25) is 11.8 Å². The molecule has 2 N–H and O–H groups in total. The summed E-state index contributed by atoms with van der Waals surface area (Å²) in [6, 6.07) is 3.55. The van der Waals surface area contributed by atoms with Gasteiger partial charge in [-0.25, -0.2) is 4.98 Å². The number of aromatic nitrogens is 1. The lowest BCUT2D eigenvalue weighted by molar-refractivity contribution is -0.133. The summed E-state index contributed by atoms with van der Waals surface area (Å²) in [6.45, 7) is 4.53. The Morgan fingerprint density at radius 3 is 2.86 bits per heavy atom. The van der Waals surface area contributed by atoms with E-state index < -0.39 is 0 Å². The normalized spacial score (nSPS) is 21.6. The molecule has 0 unspecified atom stereocenters. The van der Waals surface area contributed by atoms with Crippen molar-refractivity contribution in [2.75, 3.05) is 11.9 Å². The molecule has 0 bridgehead atoms. The number of amides is 2. The van der Waals surface area contributed by atoms with Crippen molar-refractivity contribution in [1.82, 2.24) is 10.3 Å². The fourth-order valence-electron chi connectivity index (χ4n) is 2.37. The molecular formula is C15H21N3O3. The Bertz CT molecular complexity index is 501. The molecule has 6 nitrogen and oxygen atoms in total. The first-order valence-electron chi connectivity index (χ1n) is 7.18. The largest absolute Gasteiger partial charge is 0.378 e. The average Bonchev–Trinajstić information content (AvgIpc) is 2.46. The van der Waals surface area contributed by atoms with Crippen LogP contribution >= 0.6 is 0 Å². The summed E-state index contributed by atoms with van der Waals surface area (Å²) < 4.78 is 5.50. The molecule has 1 aliphatic rings. The zero-order valence-electron chi connectivity index (χ0n) is 12.4. The lowest BCUT2D eigenvalue weighted by Gasteiger charge is -2.28. The summed E-state index contributed by atoms with van der Waals surface area (Å²) in [5.74, 6) is 0.292. The van der Waals surface area contributed by atoms with Crippen molar-refractivity contribution in [1.29, 1.82) is 0 Å². The highest BCUT2D eigenvalue weighted by Crippen LogP contribution is 2.20. The summed E-state index contributed by atoms with van der Waals surface area (Å²) in [4.78, 5) is 27.1. The number of pyridine rings is 1. The highest BCUT2D eigenvalue weighted by Gasteiger charge is 2.28. The third-order valence-corrected chi connectivity index (χ3v) is 3.54. The maximum atomic E-state index is 12.1. The van der Waals surface area contributed by atoms with Crippen LogP contribution in [0.3, 0.4) is 0 Å². The van der Waals surface area contributed by atoms with Crippen molar-refractivity contribution in [2.24, 2.45) is 5.92 Å². The van der Waals surface area contributed by atoms with E-state index in [4.69, 9.17) is 4.74 Å². The molecule has 0 aliphatic carbocycles. The van der Waals surface area contributed by atoms with Crippen LogP contribution in [0.4, 0.5) is 5.82 Å². The second kappa shape index (κ2) is 7.17. The maximum Gasteiger partial charge on any atom is 0.225 e. The van der Waals surface area contributed by atoms with Gasteiger partial charge in [-0.3, -0.25) is 9.59 Å². The molecule has 0 spiro atoms. The number of rotatable bonds is 4. The quantitative estimate of drug-likeness (QED) is 0.880. The summed E-state index contributed by atoms with van der Waals surface area (Å²) >= 11 is 0. The molecular weight excluding hydrogens is 270 g/mol. The van der Waals surface area contributed by atoms with Gasteiger partial charge in [0.15, 0.2) is 0 Å². The third kappa shape index (κ3) is 4.53. The number of nitrogens with zero attached hydrogens (tertiary/aromatic N) is 1. The number of carbonyl (C=O) groups is 2. The van der Waals surface area contributed by atoms with Gasteiger partial charge >= 0.3 is 0 Å².